The molecular formula is C24H31N3O5. The van der Waals surface area contributed by atoms with Crippen molar-refractivity contribution in [3.05, 3.63) is 59.7 Å². The Hall–Kier alpha value is -2.94. The summed E-state index contributed by atoms with van der Waals surface area (Å²) in [7, 11) is 1.60. The Morgan fingerprint density at radius 3 is 2.69 bits per heavy atom. The van der Waals surface area contributed by atoms with Gasteiger partial charge in [0.05, 0.1) is 25.4 Å². The number of nitrogens with one attached hydrogen (secondary N) is 2. The first-order valence-electron chi connectivity index (χ1n) is 10.8. The zero-order chi connectivity index (χ0) is 22.6. The molecule has 0 unspecified atom stereocenters. The van der Waals surface area contributed by atoms with Gasteiger partial charge in [0.15, 0.2) is 0 Å². The lowest BCUT2D eigenvalue weighted by Crippen LogP contribution is -2.38. The first-order chi connectivity index (χ1) is 15.7. The number of ether oxygens (including phenoxy) is 3. The SMILES string of the molecule is COCCOc1ccccc1C(=O)NCc1cccc(NC(=O)CCN2CCOCC2)c1. The lowest BCUT2D eigenvalue weighted by Gasteiger charge is -2.26. The van der Waals surface area contributed by atoms with Crippen LogP contribution >= 0.6 is 0 Å². The Labute approximate surface area is 188 Å². The Balaban J connectivity index is 1.49. The van der Waals surface area contributed by atoms with Gasteiger partial charge in [-0.05, 0) is 29.8 Å². The Kier molecular flexibility index (Phi) is 9.49. The van der Waals surface area contributed by atoms with Gasteiger partial charge in [0.25, 0.3) is 5.91 Å². The number of methoxy groups -OCH3 is 1. The molecule has 0 saturated carbocycles. The van der Waals surface area contributed by atoms with Gasteiger partial charge >= 0.3 is 0 Å². The van der Waals surface area contributed by atoms with E-state index in [9.17, 15) is 9.59 Å². The fourth-order valence-corrected chi connectivity index (χ4v) is 3.36. The molecule has 1 heterocycles. The van der Waals surface area contributed by atoms with E-state index >= 15 is 0 Å². The number of hydrogen-bond donors (Lipinski definition) is 2. The van der Waals surface area contributed by atoms with E-state index in [1.54, 1.807) is 25.3 Å². The third-order valence-electron chi connectivity index (χ3n) is 5.10. The maximum atomic E-state index is 12.7. The fourth-order valence-electron chi connectivity index (χ4n) is 3.36. The van der Waals surface area contributed by atoms with Crippen molar-refractivity contribution in [2.75, 3.05) is 58.5 Å². The van der Waals surface area contributed by atoms with E-state index < -0.39 is 0 Å². The molecule has 2 aromatic carbocycles. The van der Waals surface area contributed by atoms with Crippen molar-refractivity contribution in [3.63, 3.8) is 0 Å². The van der Waals surface area contributed by atoms with Crippen molar-refractivity contribution in [2.24, 2.45) is 0 Å². The molecule has 32 heavy (non-hydrogen) atoms. The number of rotatable bonds is 11. The predicted molar refractivity (Wildman–Crippen MR) is 122 cm³/mol. The maximum absolute atomic E-state index is 12.7. The number of nitrogens with zero attached hydrogens (tertiary/aromatic N) is 1. The van der Waals surface area contributed by atoms with Gasteiger partial charge in [-0.25, -0.2) is 0 Å². The third-order valence-corrected chi connectivity index (χ3v) is 5.10. The number of carbonyl (C=O) groups is 2. The third kappa shape index (κ3) is 7.64. The first-order valence-corrected chi connectivity index (χ1v) is 10.8. The quantitative estimate of drug-likeness (QED) is 0.520. The van der Waals surface area contributed by atoms with E-state index in [1.165, 1.54) is 0 Å². The average molecular weight is 442 g/mol. The summed E-state index contributed by atoms with van der Waals surface area (Å²) in [5.41, 5.74) is 2.07. The summed E-state index contributed by atoms with van der Waals surface area (Å²) in [6.45, 7) is 5.04. The normalized spacial score (nSPS) is 14.0. The highest BCUT2D eigenvalue weighted by Gasteiger charge is 2.13. The highest BCUT2D eigenvalue weighted by molar-refractivity contribution is 5.97. The van der Waals surface area contributed by atoms with E-state index in [0.717, 1.165) is 38.4 Å². The van der Waals surface area contributed by atoms with Crippen LogP contribution in [0.3, 0.4) is 0 Å². The van der Waals surface area contributed by atoms with Gasteiger partial charge in [-0.1, -0.05) is 24.3 Å². The molecule has 2 aromatic rings. The van der Waals surface area contributed by atoms with Gasteiger partial charge in [0.2, 0.25) is 5.91 Å². The fraction of sp³-hybridized carbons (Fsp3) is 0.417. The largest absolute Gasteiger partial charge is 0.490 e. The van der Waals surface area contributed by atoms with Crippen LogP contribution in [0.15, 0.2) is 48.5 Å². The minimum Gasteiger partial charge on any atom is -0.490 e. The van der Waals surface area contributed by atoms with Crippen LogP contribution in [-0.4, -0.2) is 69.9 Å². The monoisotopic (exact) mass is 441 g/mol. The second-order valence-electron chi connectivity index (χ2n) is 7.47. The van der Waals surface area contributed by atoms with Crippen LogP contribution in [0.1, 0.15) is 22.3 Å². The molecule has 0 atom stereocenters. The molecular weight excluding hydrogens is 410 g/mol. The van der Waals surface area contributed by atoms with Crippen LogP contribution in [0.4, 0.5) is 5.69 Å². The zero-order valence-electron chi connectivity index (χ0n) is 18.5. The molecule has 0 radical (unpaired) electrons. The van der Waals surface area contributed by atoms with Gasteiger partial charge in [-0.15, -0.1) is 0 Å². The van der Waals surface area contributed by atoms with Crippen LogP contribution in [0.5, 0.6) is 5.75 Å². The van der Waals surface area contributed by atoms with E-state index in [0.29, 0.717) is 43.2 Å². The predicted octanol–water partition coefficient (Wildman–Crippen LogP) is 2.30. The van der Waals surface area contributed by atoms with Crippen molar-refractivity contribution in [3.8, 4) is 5.75 Å². The molecule has 1 aliphatic heterocycles. The van der Waals surface area contributed by atoms with E-state index in [4.69, 9.17) is 14.2 Å². The number of para-hydroxylation sites is 1. The Morgan fingerprint density at radius 2 is 1.88 bits per heavy atom. The Morgan fingerprint density at radius 1 is 1.06 bits per heavy atom. The minimum atomic E-state index is -0.224. The second-order valence-corrected chi connectivity index (χ2v) is 7.47. The van der Waals surface area contributed by atoms with Gasteiger partial charge in [0, 0.05) is 45.4 Å². The summed E-state index contributed by atoms with van der Waals surface area (Å²) in [4.78, 5) is 27.2. The number of hydrogen-bond acceptors (Lipinski definition) is 6. The van der Waals surface area contributed by atoms with Crippen LogP contribution in [0, 0.1) is 0 Å². The van der Waals surface area contributed by atoms with Gasteiger partial charge in [-0.2, -0.15) is 0 Å². The molecule has 3 rings (SSSR count). The molecule has 2 amide bonds. The van der Waals surface area contributed by atoms with Gasteiger partial charge in [-0.3, -0.25) is 14.5 Å². The highest BCUT2D eigenvalue weighted by atomic mass is 16.5. The van der Waals surface area contributed by atoms with Gasteiger partial charge < -0.3 is 24.8 Å². The van der Waals surface area contributed by atoms with Crippen LogP contribution in [-0.2, 0) is 20.8 Å². The lowest BCUT2D eigenvalue weighted by molar-refractivity contribution is -0.116. The molecule has 1 aliphatic rings. The minimum absolute atomic E-state index is 0.0280. The molecule has 0 aliphatic carbocycles. The van der Waals surface area contributed by atoms with Crippen molar-refractivity contribution >= 4 is 17.5 Å². The Bertz CT molecular complexity index is 883. The smallest absolute Gasteiger partial charge is 0.255 e. The topological polar surface area (TPSA) is 89.1 Å². The summed E-state index contributed by atoms with van der Waals surface area (Å²) in [6.07, 6.45) is 0.431. The summed E-state index contributed by atoms with van der Waals surface area (Å²) >= 11 is 0. The molecule has 2 N–H and O–H groups in total. The molecule has 0 bridgehead atoms. The number of carbonyl (C=O) groups excluding carboxylic acids is 2. The van der Waals surface area contributed by atoms with Crippen LogP contribution in [0.2, 0.25) is 0 Å². The van der Waals surface area contributed by atoms with Gasteiger partial charge in [0.1, 0.15) is 12.4 Å². The summed E-state index contributed by atoms with van der Waals surface area (Å²) in [5, 5.41) is 5.85. The van der Waals surface area contributed by atoms with Crippen LogP contribution < -0.4 is 15.4 Å². The number of morpholine rings is 1. The zero-order valence-corrected chi connectivity index (χ0v) is 18.5. The number of benzene rings is 2. The summed E-state index contributed by atoms with van der Waals surface area (Å²) in [5.74, 6) is 0.265. The summed E-state index contributed by atoms with van der Waals surface area (Å²) in [6, 6.07) is 14.6. The molecule has 8 heteroatoms. The molecule has 0 aromatic heterocycles. The standard InChI is InChI=1S/C24H31N3O5/c1-30-15-16-32-22-8-3-2-7-21(22)24(29)25-18-19-5-4-6-20(17-19)26-23(28)9-10-27-11-13-31-14-12-27/h2-8,17H,9-16,18H2,1H3,(H,25,29)(H,26,28). The van der Waals surface area contributed by atoms with Crippen molar-refractivity contribution in [1.29, 1.82) is 0 Å². The molecule has 1 fully saturated rings. The van der Waals surface area contributed by atoms with Crippen molar-refractivity contribution in [1.82, 2.24) is 10.2 Å². The molecule has 0 spiro atoms. The summed E-state index contributed by atoms with van der Waals surface area (Å²) < 4.78 is 16.0. The molecule has 1 saturated heterocycles. The van der Waals surface area contributed by atoms with E-state index in [-0.39, 0.29) is 11.8 Å². The maximum Gasteiger partial charge on any atom is 0.255 e. The van der Waals surface area contributed by atoms with Crippen molar-refractivity contribution in [2.45, 2.75) is 13.0 Å². The van der Waals surface area contributed by atoms with E-state index in [2.05, 4.69) is 15.5 Å². The highest BCUT2D eigenvalue weighted by Crippen LogP contribution is 2.18. The number of amides is 2. The average Bonchev–Trinajstić information content (AvgIpc) is 2.83. The lowest BCUT2D eigenvalue weighted by atomic mass is 10.1. The molecule has 172 valence electrons. The number of anilines is 1. The van der Waals surface area contributed by atoms with Crippen molar-refractivity contribution < 1.29 is 23.8 Å². The second kappa shape index (κ2) is 12.8. The molecule has 8 nitrogen and oxygen atoms in total. The van der Waals surface area contributed by atoms with E-state index in [1.807, 2.05) is 30.3 Å². The van der Waals surface area contributed by atoms with Crippen LogP contribution in [0.25, 0.3) is 0 Å². The first kappa shape index (κ1) is 23.7.